The van der Waals surface area contributed by atoms with Gasteiger partial charge in [-0.05, 0) is 36.6 Å². The third-order valence-corrected chi connectivity index (χ3v) is 6.21. The summed E-state index contributed by atoms with van der Waals surface area (Å²) in [6.45, 7) is 0.599. The number of methoxy groups -OCH3 is 1. The first-order valence-corrected chi connectivity index (χ1v) is 11.7. The lowest BCUT2D eigenvalue weighted by atomic mass is 10.0. The fraction of sp³-hybridized carbons (Fsp3) is 0.308. The van der Waals surface area contributed by atoms with Gasteiger partial charge >= 0.3 is 5.69 Å². The molecule has 37 heavy (non-hydrogen) atoms. The van der Waals surface area contributed by atoms with Crippen molar-refractivity contribution in [3.8, 4) is 17.6 Å². The van der Waals surface area contributed by atoms with Gasteiger partial charge in [-0.15, -0.1) is 0 Å². The second-order valence-corrected chi connectivity index (χ2v) is 8.54. The second kappa shape index (κ2) is 10.9. The highest BCUT2D eigenvalue weighted by atomic mass is 16.6. The molecule has 1 saturated heterocycles. The van der Waals surface area contributed by atoms with E-state index in [1.54, 1.807) is 12.1 Å². The van der Waals surface area contributed by atoms with Gasteiger partial charge in [-0.3, -0.25) is 34.6 Å². The lowest BCUT2D eigenvalue weighted by Gasteiger charge is -2.29. The molecule has 2 N–H and O–H groups in total. The molecule has 0 aliphatic carbocycles. The van der Waals surface area contributed by atoms with E-state index in [-0.39, 0.29) is 47.7 Å². The quantitative estimate of drug-likeness (QED) is 0.192. The number of ether oxygens (including phenoxy) is 1. The minimum absolute atomic E-state index is 0.00793. The molecule has 0 bridgehead atoms. The normalized spacial score (nSPS) is 16.4. The predicted octanol–water partition coefficient (Wildman–Crippen LogP) is 1.93. The fourth-order valence-electron chi connectivity index (χ4n) is 4.31. The van der Waals surface area contributed by atoms with Gasteiger partial charge in [0.15, 0.2) is 5.75 Å². The van der Waals surface area contributed by atoms with Crippen molar-refractivity contribution in [3.63, 3.8) is 0 Å². The molecular weight excluding hydrogens is 480 g/mol. The SMILES string of the molecule is COc1cc(C(=O)NCCCC#Cc2cccc3c2CN(C2CCC(=O)NC2=O)C3=O)ccc1[N+](=O)[O-]. The maximum Gasteiger partial charge on any atom is 0.310 e. The van der Waals surface area contributed by atoms with Gasteiger partial charge in [0.2, 0.25) is 11.8 Å². The molecule has 0 aromatic heterocycles. The third-order valence-electron chi connectivity index (χ3n) is 6.21. The summed E-state index contributed by atoms with van der Waals surface area (Å²) in [7, 11) is 1.30. The zero-order chi connectivity index (χ0) is 26.5. The van der Waals surface area contributed by atoms with E-state index in [4.69, 9.17) is 4.74 Å². The Hall–Kier alpha value is -4.72. The molecule has 2 heterocycles. The Morgan fingerprint density at radius 3 is 2.81 bits per heavy atom. The minimum atomic E-state index is -0.683. The maximum absolute atomic E-state index is 12.9. The number of carbonyl (C=O) groups is 4. The van der Waals surface area contributed by atoms with Crippen LogP contribution in [0.2, 0.25) is 0 Å². The van der Waals surface area contributed by atoms with Gasteiger partial charge < -0.3 is 15.0 Å². The van der Waals surface area contributed by atoms with Crippen molar-refractivity contribution in [1.82, 2.24) is 15.5 Å². The highest BCUT2D eigenvalue weighted by Crippen LogP contribution is 2.30. The summed E-state index contributed by atoms with van der Waals surface area (Å²) in [5.74, 6) is 4.72. The van der Waals surface area contributed by atoms with Crippen molar-refractivity contribution in [2.24, 2.45) is 0 Å². The van der Waals surface area contributed by atoms with Crippen molar-refractivity contribution >= 4 is 29.3 Å². The number of carbonyl (C=O) groups excluding carboxylic acids is 4. The molecule has 1 atom stereocenters. The average molecular weight is 504 g/mol. The molecule has 1 fully saturated rings. The fourth-order valence-corrected chi connectivity index (χ4v) is 4.31. The summed E-state index contributed by atoms with van der Waals surface area (Å²) >= 11 is 0. The molecule has 2 aliphatic heterocycles. The zero-order valence-corrected chi connectivity index (χ0v) is 20.0. The van der Waals surface area contributed by atoms with E-state index in [9.17, 15) is 29.3 Å². The largest absolute Gasteiger partial charge is 0.490 e. The molecule has 2 aromatic carbocycles. The molecule has 0 radical (unpaired) electrons. The predicted molar refractivity (Wildman–Crippen MR) is 131 cm³/mol. The van der Waals surface area contributed by atoms with Crippen LogP contribution in [-0.4, -0.2) is 53.1 Å². The number of hydrogen-bond acceptors (Lipinski definition) is 7. The molecule has 190 valence electrons. The molecule has 1 unspecified atom stereocenters. The van der Waals surface area contributed by atoms with E-state index in [0.717, 1.165) is 5.56 Å². The van der Waals surface area contributed by atoms with Gasteiger partial charge in [0.05, 0.1) is 12.0 Å². The van der Waals surface area contributed by atoms with E-state index in [0.29, 0.717) is 36.9 Å². The number of amides is 4. The summed E-state index contributed by atoms with van der Waals surface area (Å²) in [6, 6.07) is 8.50. The smallest absolute Gasteiger partial charge is 0.310 e. The van der Waals surface area contributed by atoms with Crippen LogP contribution in [0, 0.1) is 22.0 Å². The Bertz CT molecular complexity index is 1360. The van der Waals surface area contributed by atoms with Crippen LogP contribution in [0.1, 0.15) is 57.5 Å². The Balaban J connectivity index is 1.32. The molecule has 4 rings (SSSR count). The summed E-state index contributed by atoms with van der Waals surface area (Å²) in [6.07, 6.45) is 1.54. The number of rotatable bonds is 7. The van der Waals surface area contributed by atoms with E-state index in [2.05, 4.69) is 22.5 Å². The van der Waals surface area contributed by atoms with Gasteiger partial charge in [-0.25, -0.2) is 0 Å². The lowest BCUT2D eigenvalue weighted by molar-refractivity contribution is -0.385. The van der Waals surface area contributed by atoms with Crippen molar-refractivity contribution in [2.75, 3.05) is 13.7 Å². The Morgan fingerprint density at radius 1 is 1.27 bits per heavy atom. The highest BCUT2D eigenvalue weighted by Gasteiger charge is 2.39. The van der Waals surface area contributed by atoms with E-state index in [1.165, 1.54) is 30.2 Å². The molecule has 11 heteroatoms. The molecule has 2 aliphatic rings. The summed E-state index contributed by atoms with van der Waals surface area (Å²) < 4.78 is 4.99. The number of unbranched alkanes of at least 4 members (excludes halogenated alkanes) is 1. The van der Waals surface area contributed by atoms with Crippen molar-refractivity contribution in [3.05, 3.63) is 68.8 Å². The van der Waals surface area contributed by atoms with Gasteiger partial charge in [0, 0.05) is 54.8 Å². The van der Waals surface area contributed by atoms with Crippen molar-refractivity contribution in [2.45, 2.75) is 38.3 Å². The number of nitro groups is 1. The molecule has 11 nitrogen and oxygen atoms in total. The molecular formula is C26H24N4O7. The Kier molecular flexibility index (Phi) is 7.48. The standard InChI is InChI=1S/C26H24N4O7/c1-37-22-14-17(9-10-20(22)30(35)36)24(32)27-13-4-2-3-6-16-7-5-8-18-19(16)15-29(26(18)34)21-11-12-23(31)28-25(21)33/h5,7-10,14,21H,2,4,11-13,15H2,1H3,(H,27,32)(H,28,31,33). The summed E-state index contributed by atoms with van der Waals surface area (Å²) in [5, 5.41) is 16.0. The van der Waals surface area contributed by atoms with Gasteiger partial charge in [-0.1, -0.05) is 17.9 Å². The first kappa shape index (κ1) is 25.4. The molecule has 2 aromatic rings. The summed E-state index contributed by atoms with van der Waals surface area (Å²) in [4.78, 5) is 60.8. The summed E-state index contributed by atoms with van der Waals surface area (Å²) in [5.41, 5.74) is 1.98. The minimum Gasteiger partial charge on any atom is -0.490 e. The second-order valence-electron chi connectivity index (χ2n) is 8.54. The van der Waals surface area contributed by atoms with Gasteiger partial charge in [0.25, 0.3) is 11.8 Å². The van der Waals surface area contributed by atoms with Crippen LogP contribution in [0.25, 0.3) is 0 Å². The first-order chi connectivity index (χ1) is 17.8. The van der Waals surface area contributed by atoms with E-state index < -0.39 is 16.9 Å². The number of nitro benzene ring substituents is 1. The van der Waals surface area contributed by atoms with E-state index in [1.807, 2.05) is 6.07 Å². The van der Waals surface area contributed by atoms with Crippen LogP contribution < -0.4 is 15.4 Å². The van der Waals surface area contributed by atoms with Crippen LogP contribution in [0.4, 0.5) is 5.69 Å². The number of piperidine rings is 1. The van der Waals surface area contributed by atoms with E-state index >= 15 is 0 Å². The van der Waals surface area contributed by atoms with Crippen LogP contribution in [0.15, 0.2) is 36.4 Å². The van der Waals surface area contributed by atoms with Gasteiger partial charge in [0.1, 0.15) is 6.04 Å². The van der Waals surface area contributed by atoms with Crippen LogP contribution in [-0.2, 0) is 16.1 Å². The van der Waals surface area contributed by atoms with Crippen LogP contribution in [0.3, 0.4) is 0 Å². The number of benzene rings is 2. The lowest BCUT2D eigenvalue weighted by Crippen LogP contribution is -2.52. The monoisotopic (exact) mass is 504 g/mol. The third kappa shape index (κ3) is 5.43. The van der Waals surface area contributed by atoms with Crippen LogP contribution >= 0.6 is 0 Å². The van der Waals surface area contributed by atoms with Gasteiger partial charge in [-0.2, -0.15) is 0 Å². The Morgan fingerprint density at radius 2 is 2.08 bits per heavy atom. The zero-order valence-electron chi connectivity index (χ0n) is 20.0. The number of imide groups is 1. The number of fused-ring (bicyclic) bond motifs is 1. The molecule has 4 amide bonds. The topological polar surface area (TPSA) is 148 Å². The molecule has 0 spiro atoms. The first-order valence-electron chi connectivity index (χ1n) is 11.7. The number of nitrogens with zero attached hydrogens (tertiary/aromatic N) is 2. The van der Waals surface area contributed by atoms with Crippen molar-refractivity contribution in [1.29, 1.82) is 0 Å². The average Bonchev–Trinajstić information content (AvgIpc) is 3.22. The Labute approximate surface area is 212 Å². The van der Waals surface area contributed by atoms with Crippen molar-refractivity contribution < 1.29 is 28.8 Å². The molecule has 0 saturated carbocycles. The highest BCUT2D eigenvalue weighted by molar-refractivity contribution is 6.05. The van der Waals surface area contributed by atoms with Crippen LogP contribution in [0.5, 0.6) is 5.75 Å². The maximum atomic E-state index is 12.9. The number of nitrogens with one attached hydrogen (secondary N) is 2. The number of hydrogen-bond donors (Lipinski definition) is 2.